The Morgan fingerprint density at radius 3 is 2.24 bits per heavy atom. The van der Waals surface area contributed by atoms with Crippen LogP contribution in [-0.2, 0) is 0 Å². The lowest BCUT2D eigenvalue weighted by molar-refractivity contribution is 0.671. The van der Waals surface area contributed by atoms with Crippen LogP contribution in [-0.4, -0.2) is 4.57 Å². The SMILES string of the molecule is Cc1ccccc1-c1ccc2c(c1)c1ccc3c4ccccc4oc3c1n2-c1ccccc1. The van der Waals surface area contributed by atoms with E-state index in [1.54, 1.807) is 0 Å². The molecule has 0 bridgehead atoms. The molecule has 156 valence electrons. The average Bonchev–Trinajstić information content (AvgIpc) is 3.40. The fourth-order valence-electron chi connectivity index (χ4n) is 5.19. The van der Waals surface area contributed by atoms with E-state index >= 15 is 0 Å². The van der Waals surface area contributed by atoms with Gasteiger partial charge in [-0.25, -0.2) is 0 Å². The predicted octanol–water partition coefficient (Wildman–Crippen LogP) is 8.66. The fourth-order valence-corrected chi connectivity index (χ4v) is 5.19. The van der Waals surface area contributed by atoms with E-state index < -0.39 is 0 Å². The zero-order valence-electron chi connectivity index (χ0n) is 18.2. The molecule has 2 heteroatoms. The number of furan rings is 1. The van der Waals surface area contributed by atoms with Gasteiger partial charge in [-0.15, -0.1) is 0 Å². The Hall–Kier alpha value is -4.30. The average molecular weight is 424 g/mol. The number of fused-ring (bicyclic) bond motifs is 7. The molecule has 33 heavy (non-hydrogen) atoms. The van der Waals surface area contributed by atoms with Crippen molar-refractivity contribution in [3.05, 3.63) is 115 Å². The molecule has 0 N–H and O–H groups in total. The van der Waals surface area contributed by atoms with E-state index in [1.165, 1.54) is 33.0 Å². The number of rotatable bonds is 2. The molecule has 0 spiro atoms. The molecule has 0 saturated carbocycles. The van der Waals surface area contributed by atoms with Crippen LogP contribution in [0.3, 0.4) is 0 Å². The molecular weight excluding hydrogens is 402 g/mol. The second-order valence-corrected chi connectivity index (χ2v) is 8.65. The Labute approximate surface area is 191 Å². The first-order chi connectivity index (χ1) is 16.3. The van der Waals surface area contributed by atoms with Crippen molar-refractivity contribution in [3.8, 4) is 16.8 Å². The third-order valence-electron chi connectivity index (χ3n) is 6.74. The summed E-state index contributed by atoms with van der Waals surface area (Å²) in [6.45, 7) is 2.17. The van der Waals surface area contributed by atoms with Crippen molar-refractivity contribution in [3.63, 3.8) is 0 Å². The molecule has 0 saturated heterocycles. The molecule has 7 rings (SSSR count). The Bertz CT molecular complexity index is 1820. The minimum atomic E-state index is 0.922. The van der Waals surface area contributed by atoms with Crippen molar-refractivity contribution in [2.45, 2.75) is 6.92 Å². The van der Waals surface area contributed by atoms with Crippen LogP contribution < -0.4 is 0 Å². The number of hydrogen-bond acceptors (Lipinski definition) is 1. The quantitative estimate of drug-likeness (QED) is 0.272. The number of hydrogen-bond donors (Lipinski definition) is 0. The largest absolute Gasteiger partial charge is 0.454 e. The maximum atomic E-state index is 6.47. The van der Waals surface area contributed by atoms with E-state index in [-0.39, 0.29) is 0 Å². The van der Waals surface area contributed by atoms with Crippen molar-refractivity contribution in [2.75, 3.05) is 0 Å². The molecule has 0 radical (unpaired) electrons. The van der Waals surface area contributed by atoms with Crippen LogP contribution >= 0.6 is 0 Å². The molecule has 0 aliphatic carbocycles. The van der Waals surface area contributed by atoms with Crippen molar-refractivity contribution in [1.29, 1.82) is 0 Å². The van der Waals surface area contributed by atoms with Crippen molar-refractivity contribution in [2.24, 2.45) is 0 Å². The zero-order valence-corrected chi connectivity index (χ0v) is 18.2. The number of aromatic nitrogens is 1. The second-order valence-electron chi connectivity index (χ2n) is 8.65. The first kappa shape index (κ1) is 18.3. The highest BCUT2D eigenvalue weighted by Crippen LogP contribution is 2.41. The summed E-state index contributed by atoms with van der Waals surface area (Å²) < 4.78 is 8.81. The standard InChI is InChI=1S/C31H21NO/c1-20-9-5-6-12-23(20)21-15-18-28-27(19-21)25-16-17-26-24-13-7-8-14-29(24)33-31(26)30(25)32(28)22-10-3-2-4-11-22/h2-19H,1H3. The smallest absolute Gasteiger partial charge is 0.160 e. The first-order valence-corrected chi connectivity index (χ1v) is 11.3. The summed E-state index contributed by atoms with van der Waals surface area (Å²) in [5.74, 6) is 0. The van der Waals surface area contributed by atoms with Gasteiger partial charge in [-0.1, -0.05) is 72.8 Å². The van der Waals surface area contributed by atoms with Crippen LogP contribution in [0.1, 0.15) is 5.56 Å². The Morgan fingerprint density at radius 1 is 0.606 bits per heavy atom. The van der Waals surface area contributed by atoms with Crippen molar-refractivity contribution < 1.29 is 4.42 Å². The molecule has 2 nitrogen and oxygen atoms in total. The van der Waals surface area contributed by atoms with Crippen LogP contribution in [0.4, 0.5) is 0 Å². The first-order valence-electron chi connectivity index (χ1n) is 11.3. The lowest BCUT2D eigenvalue weighted by Gasteiger charge is -2.09. The van der Waals surface area contributed by atoms with Crippen LogP contribution in [0.15, 0.2) is 114 Å². The van der Waals surface area contributed by atoms with Gasteiger partial charge in [0.2, 0.25) is 0 Å². The summed E-state index contributed by atoms with van der Waals surface area (Å²) in [5, 5.41) is 4.74. The van der Waals surface area contributed by atoms with E-state index in [4.69, 9.17) is 4.42 Å². The van der Waals surface area contributed by atoms with E-state index in [0.29, 0.717) is 0 Å². The van der Waals surface area contributed by atoms with Gasteiger partial charge in [-0.2, -0.15) is 0 Å². The Kier molecular flexibility index (Phi) is 3.80. The van der Waals surface area contributed by atoms with Crippen LogP contribution in [0, 0.1) is 6.92 Å². The molecule has 7 aromatic rings. The monoisotopic (exact) mass is 423 g/mol. The van der Waals surface area contributed by atoms with Crippen LogP contribution in [0.5, 0.6) is 0 Å². The molecule has 0 fully saturated rings. The molecule has 0 aliphatic heterocycles. The van der Waals surface area contributed by atoms with E-state index in [2.05, 4.69) is 109 Å². The predicted molar refractivity (Wildman–Crippen MR) is 138 cm³/mol. The molecule has 5 aromatic carbocycles. The highest BCUT2D eigenvalue weighted by Gasteiger charge is 2.19. The minimum absolute atomic E-state index is 0.922. The summed E-state index contributed by atoms with van der Waals surface area (Å²) in [4.78, 5) is 0. The van der Waals surface area contributed by atoms with Gasteiger partial charge >= 0.3 is 0 Å². The molecule has 2 heterocycles. The lowest BCUT2D eigenvalue weighted by Crippen LogP contribution is -1.93. The molecule has 2 aromatic heterocycles. The van der Waals surface area contributed by atoms with Gasteiger partial charge in [0.15, 0.2) is 5.58 Å². The molecule has 0 amide bonds. The third-order valence-corrected chi connectivity index (χ3v) is 6.74. The van der Waals surface area contributed by atoms with Crippen molar-refractivity contribution in [1.82, 2.24) is 4.57 Å². The van der Waals surface area contributed by atoms with E-state index in [1.807, 2.05) is 12.1 Å². The zero-order chi connectivity index (χ0) is 21.9. The van der Waals surface area contributed by atoms with Gasteiger partial charge in [0.25, 0.3) is 0 Å². The number of benzene rings is 5. The highest BCUT2D eigenvalue weighted by molar-refractivity contribution is 6.21. The molecule has 0 atom stereocenters. The van der Waals surface area contributed by atoms with Gasteiger partial charge in [-0.3, -0.25) is 0 Å². The summed E-state index contributed by atoms with van der Waals surface area (Å²) >= 11 is 0. The molecular formula is C31H21NO. The van der Waals surface area contributed by atoms with Gasteiger partial charge in [-0.05, 0) is 60.0 Å². The maximum Gasteiger partial charge on any atom is 0.160 e. The number of nitrogens with zero attached hydrogens (tertiary/aromatic N) is 1. The van der Waals surface area contributed by atoms with E-state index in [9.17, 15) is 0 Å². The Morgan fingerprint density at radius 2 is 1.36 bits per heavy atom. The highest BCUT2D eigenvalue weighted by atomic mass is 16.3. The maximum absolute atomic E-state index is 6.47. The fraction of sp³-hybridized carbons (Fsp3) is 0.0323. The summed E-state index contributed by atoms with van der Waals surface area (Å²) in [6.07, 6.45) is 0. The third kappa shape index (κ3) is 2.61. The lowest BCUT2D eigenvalue weighted by atomic mass is 9.99. The molecule has 0 aliphatic rings. The summed E-state index contributed by atoms with van der Waals surface area (Å²) in [6, 6.07) is 38.7. The summed E-state index contributed by atoms with van der Waals surface area (Å²) in [5.41, 5.74) is 9.07. The van der Waals surface area contributed by atoms with Gasteiger partial charge in [0.1, 0.15) is 5.58 Å². The van der Waals surface area contributed by atoms with Gasteiger partial charge in [0.05, 0.1) is 11.0 Å². The van der Waals surface area contributed by atoms with Gasteiger partial charge < -0.3 is 8.98 Å². The number of para-hydroxylation sites is 2. The minimum Gasteiger partial charge on any atom is -0.454 e. The van der Waals surface area contributed by atoms with Crippen LogP contribution in [0.25, 0.3) is 60.6 Å². The normalized spacial score (nSPS) is 11.8. The number of aryl methyl sites for hydroxylation is 1. The molecule has 0 unspecified atom stereocenters. The summed E-state index contributed by atoms with van der Waals surface area (Å²) in [7, 11) is 0. The van der Waals surface area contributed by atoms with E-state index in [0.717, 1.165) is 33.1 Å². The van der Waals surface area contributed by atoms with Crippen LogP contribution in [0.2, 0.25) is 0 Å². The Balaban J connectivity index is 1.66. The van der Waals surface area contributed by atoms with Crippen molar-refractivity contribution >= 4 is 43.7 Å². The topological polar surface area (TPSA) is 18.1 Å². The second kappa shape index (κ2) is 6.85. The van der Waals surface area contributed by atoms with Gasteiger partial charge in [0, 0.05) is 27.2 Å².